The molecule has 0 fully saturated rings. The number of ether oxygens (including phenoxy) is 1. The lowest BCUT2D eigenvalue weighted by Crippen LogP contribution is -2.35. The Morgan fingerprint density at radius 3 is 2.75 bits per heavy atom. The Labute approximate surface area is 162 Å². The number of benzene rings is 1. The maximum atomic E-state index is 13.3. The molecule has 1 aliphatic heterocycles. The monoisotopic (exact) mass is 432 g/mol. The van der Waals surface area contributed by atoms with E-state index in [1.165, 1.54) is 23.2 Å². The summed E-state index contributed by atoms with van der Waals surface area (Å²) < 4.78 is 46.8. The minimum atomic E-state index is -4.66. The molecule has 148 valence electrons. The number of H-pyrrole nitrogens is 1. The van der Waals surface area contributed by atoms with E-state index in [0.29, 0.717) is 0 Å². The molecule has 1 unspecified atom stereocenters. The van der Waals surface area contributed by atoms with Gasteiger partial charge in [0.25, 0.3) is 5.56 Å². The van der Waals surface area contributed by atoms with E-state index in [1.54, 1.807) is 0 Å². The number of aromatic nitrogens is 4. The van der Waals surface area contributed by atoms with Crippen LogP contribution in [0.4, 0.5) is 13.2 Å². The third kappa shape index (κ3) is 3.35. The zero-order chi connectivity index (χ0) is 20.1. The van der Waals surface area contributed by atoms with Crippen LogP contribution in [0.3, 0.4) is 0 Å². The van der Waals surface area contributed by atoms with Gasteiger partial charge in [0.05, 0.1) is 29.2 Å². The number of nitrogens with zero attached hydrogens (tertiary/aromatic N) is 3. The number of hydrogen-bond donors (Lipinski definition) is 2. The minimum absolute atomic E-state index is 0.00734. The first-order valence-corrected chi connectivity index (χ1v) is 10.4. The summed E-state index contributed by atoms with van der Waals surface area (Å²) in [6.07, 6.45) is -1.05. The van der Waals surface area contributed by atoms with Crippen LogP contribution in [0.1, 0.15) is 5.56 Å². The van der Waals surface area contributed by atoms with Crippen molar-refractivity contribution in [1.29, 1.82) is 0 Å². The minimum Gasteiger partial charge on any atom is -0.470 e. The molecule has 4 rings (SSSR count). The summed E-state index contributed by atoms with van der Waals surface area (Å²) in [5, 5.41) is -0.238. The summed E-state index contributed by atoms with van der Waals surface area (Å²) in [6, 6.07) is 1.64. The van der Waals surface area contributed by atoms with Crippen LogP contribution in [0.25, 0.3) is 10.9 Å². The normalized spacial score (nSPS) is 20.7. The van der Waals surface area contributed by atoms with Gasteiger partial charge in [-0.3, -0.25) is 19.3 Å². The maximum Gasteiger partial charge on any atom is 0.416 e. The standard InChI is InChI=1S/C16H12ClF3N4O3S/c17-28-7-9(27-12-5-21-1-2-22-12)6-24-13-10(14(25)23-15(24)26)3-8(4-11(13)28)16(18,19)20/h1-5,9,28H,6-7H2,(H,23,25,26)/t9-/m0/s1. The van der Waals surface area contributed by atoms with Crippen LogP contribution >= 0.6 is 20.8 Å². The zero-order valence-corrected chi connectivity index (χ0v) is 15.6. The van der Waals surface area contributed by atoms with E-state index in [0.717, 1.165) is 12.1 Å². The highest BCUT2D eigenvalue weighted by atomic mass is 35.7. The van der Waals surface area contributed by atoms with E-state index in [4.69, 9.17) is 15.4 Å². The summed E-state index contributed by atoms with van der Waals surface area (Å²) >= 11 is 0. The Balaban J connectivity index is 1.90. The Morgan fingerprint density at radius 2 is 2.07 bits per heavy atom. The van der Waals surface area contributed by atoms with E-state index >= 15 is 0 Å². The molecule has 12 heteroatoms. The third-order valence-corrected chi connectivity index (χ3v) is 6.79. The van der Waals surface area contributed by atoms with Gasteiger partial charge in [-0.15, -0.1) is 10.1 Å². The number of alkyl halides is 3. The van der Waals surface area contributed by atoms with Gasteiger partial charge < -0.3 is 4.74 Å². The molecule has 2 aromatic heterocycles. The van der Waals surface area contributed by atoms with Crippen molar-refractivity contribution in [3.8, 4) is 5.88 Å². The van der Waals surface area contributed by atoms with E-state index in [1.807, 2.05) is 0 Å². The number of hydrogen-bond acceptors (Lipinski definition) is 5. The van der Waals surface area contributed by atoms with E-state index in [9.17, 15) is 22.8 Å². The lowest BCUT2D eigenvalue weighted by molar-refractivity contribution is -0.137. The second-order valence-corrected chi connectivity index (χ2v) is 8.88. The van der Waals surface area contributed by atoms with Crippen molar-refractivity contribution in [2.75, 3.05) is 5.75 Å². The van der Waals surface area contributed by atoms with Crippen LogP contribution in [-0.2, 0) is 12.7 Å². The molecule has 7 nitrogen and oxygen atoms in total. The molecule has 1 aliphatic rings. The molecule has 28 heavy (non-hydrogen) atoms. The summed E-state index contributed by atoms with van der Waals surface area (Å²) in [6.45, 7) is -0.00734. The molecule has 1 N–H and O–H groups in total. The molecule has 0 saturated carbocycles. The van der Waals surface area contributed by atoms with Crippen LogP contribution in [-0.4, -0.2) is 31.4 Å². The molecule has 3 aromatic rings. The van der Waals surface area contributed by atoms with Gasteiger partial charge in [-0.2, -0.15) is 13.2 Å². The van der Waals surface area contributed by atoms with Gasteiger partial charge in [-0.05, 0) is 12.1 Å². The van der Waals surface area contributed by atoms with Gasteiger partial charge in [0, 0.05) is 23.0 Å². The Hall–Kier alpha value is -2.53. The SMILES string of the molecule is O=c1[nH]c(=O)n2c3c(cc(C(F)(F)F)cc13)[SH](Cl)C[C@@H](Oc1cnccn1)C2. The van der Waals surface area contributed by atoms with Gasteiger partial charge in [0.2, 0.25) is 5.88 Å². The average Bonchev–Trinajstić information content (AvgIpc) is 2.77. The smallest absolute Gasteiger partial charge is 0.416 e. The fourth-order valence-electron chi connectivity index (χ4n) is 3.06. The largest absolute Gasteiger partial charge is 0.470 e. The molecule has 0 bridgehead atoms. The van der Waals surface area contributed by atoms with Crippen molar-refractivity contribution in [3.05, 3.63) is 57.1 Å². The van der Waals surface area contributed by atoms with Gasteiger partial charge in [-0.1, -0.05) is 10.7 Å². The molecule has 3 heterocycles. The maximum absolute atomic E-state index is 13.3. The topological polar surface area (TPSA) is 89.9 Å². The lowest BCUT2D eigenvalue weighted by atomic mass is 10.1. The van der Waals surface area contributed by atoms with Gasteiger partial charge in [0.15, 0.2) is 0 Å². The van der Waals surface area contributed by atoms with Gasteiger partial charge in [0.1, 0.15) is 6.10 Å². The highest BCUT2D eigenvalue weighted by Crippen LogP contribution is 2.48. The summed E-state index contributed by atoms with van der Waals surface area (Å²) in [7, 11) is 4.80. The van der Waals surface area contributed by atoms with Crippen molar-refractivity contribution in [1.82, 2.24) is 19.5 Å². The Bertz CT molecular complexity index is 1170. The Kier molecular flexibility index (Phi) is 4.58. The number of nitrogens with one attached hydrogen (secondary N) is 1. The molecule has 0 amide bonds. The quantitative estimate of drug-likeness (QED) is 0.607. The van der Waals surface area contributed by atoms with Crippen molar-refractivity contribution >= 4 is 31.7 Å². The van der Waals surface area contributed by atoms with Crippen LogP contribution in [0.2, 0.25) is 0 Å². The summed E-state index contributed by atoms with van der Waals surface area (Å²) in [5.41, 5.74) is -2.52. The molecule has 2 atom stereocenters. The zero-order valence-electron chi connectivity index (χ0n) is 13.9. The summed E-state index contributed by atoms with van der Waals surface area (Å²) in [5.74, 6) is 0.363. The van der Waals surface area contributed by atoms with E-state index in [2.05, 4.69) is 15.0 Å². The van der Waals surface area contributed by atoms with Crippen molar-refractivity contribution in [2.24, 2.45) is 0 Å². The molecule has 0 aliphatic carbocycles. The van der Waals surface area contributed by atoms with Gasteiger partial charge >= 0.3 is 11.9 Å². The van der Waals surface area contributed by atoms with Crippen LogP contribution < -0.4 is 16.0 Å². The fraction of sp³-hybridized carbons (Fsp3) is 0.250. The first kappa shape index (κ1) is 18.8. The third-order valence-electron chi connectivity index (χ3n) is 4.24. The second kappa shape index (κ2) is 6.82. The van der Waals surface area contributed by atoms with Crippen LogP contribution in [0.5, 0.6) is 5.88 Å². The molecule has 0 saturated heterocycles. The second-order valence-electron chi connectivity index (χ2n) is 6.09. The Morgan fingerprint density at radius 1 is 1.29 bits per heavy atom. The van der Waals surface area contributed by atoms with Crippen molar-refractivity contribution < 1.29 is 17.9 Å². The number of thiol groups is 1. The fourth-order valence-corrected chi connectivity index (χ4v) is 5.41. The predicted octanol–water partition coefficient (Wildman–Crippen LogP) is 2.47. The van der Waals surface area contributed by atoms with Crippen LogP contribution in [0, 0.1) is 0 Å². The number of aromatic amines is 1. The molecular weight excluding hydrogens is 421 g/mol. The average molecular weight is 433 g/mol. The highest BCUT2D eigenvalue weighted by molar-refractivity contribution is 8.36. The predicted molar refractivity (Wildman–Crippen MR) is 98.3 cm³/mol. The first-order chi connectivity index (χ1) is 13.2. The first-order valence-electron chi connectivity index (χ1n) is 7.98. The summed E-state index contributed by atoms with van der Waals surface area (Å²) in [4.78, 5) is 34.6. The number of halogens is 4. The molecule has 0 spiro atoms. The van der Waals surface area contributed by atoms with Crippen molar-refractivity contribution in [2.45, 2.75) is 23.7 Å². The van der Waals surface area contributed by atoms with Crippen LogP contribution in [0.15, 0.2) is 45.2 Å². The number of rotatable bonds is 2. The molecular formula is C16H12ClF3N4O3S. The lowest BCUT2D eigenvalue weighted by Gasteiger charge is -2.20. The van der Waals surface area contributed by atoms with E-state index < -0.39 is 39.2 Å². The molecule has 1 aromatic carbocycles. The van der Waals surface area contributed by atoms with Crippen molar-refractivity contribution in [3.63, 3.8) is 0 Å². The molecule has 0 radical (unpaired) electrons. The van der Waals surface area contributed by atoms with E-state index in [-0.39, 0.29) is 34.0 Å². The van der Waals surface area contributed by atoms with Gasteiger partial charge in [-0.25, -0.2) is 9.78 Å². The highest BCUT2D eigenvalue weighted by Gasteiger charge is 2.34.